The first kappa shape index (κ1) is 26.5. The molecule has 3 aromatic rings. The molecule has 0 saturated carbocycles. The number of carbonyl (C=O) groups is 4. The summed E-state index contributed by atoms with van der Waals surface area (Å²) in [6.07, 6.45) is 0.617. The summed E-state index contributed by atoms with van der Waals surface area (Å²) in [7, 11) is 0. The molecule has 39 heavy (non-hydrogen) atoms. The van der Waals surface area contributed by atoms with Gasteiger partial charge in [0, 0.05) is 28.6 Å². The van der Waals surface area contributed by atoms with Crippen LogP contribution in [0, 0.1) is 11.8 Å². The van der Waals surface area contributed by atoms with E-state index in [0.29, 0.717) is 18.4 Å². The summed E-state index contributed by atoms with van der Waals surface area (Å²) < 4.78 is 0. The average Bonchev–Trinajstić information content (AvgIpc) is 3.41. The summed E-state index contributed by atoms with van der Waals surface area (Å²) in [6, 6.07) is 12.0. The van der Waals surface area contributed by atoms with E-state index in [1.807, 2.05) is 56.3 Å². The van der Waals surface area contributed by atoms with Crippen molar-refractivity contribution in [3.8, 4) is 0 Å². The lowest BCUT2D eigenvalue weighted by molar-refractivity contribution is -0.143. The van der Waals surface area contributed by atoms with Crippen molar-refractivity contribution in [1.82, 2.24) is 20.5 Å². The molecule has 1 aromatic heterocycles. The van der Waals surface area contributed by atoms with Crippen molar-refractivity contribution in [2.45, 2.75) is 64.7 Å². The fraction of sp³-hybridized carbons (Fsp3) is 0.400. The third-order valence-corrected chi connectivity index (χ3v) is 7.73. The second-order valence-electron chi connectivity index (χ2n) is 11.2. The van der Waals surface area contributed by atoms with Crippen molar-refractivity contribution >= 4 is 34.6 Å². The zero-order valence-electron chi connectivity index (χ0n) is 22.5. The lowest BCUT2D eigenvalue weighted by Gasteiger charge is -2.38. The summed E-state index contributed by atoms with van der Waals surface area (Å²) in [5.41, 5.74) is 4.21. The maximum absolute atomic E-state index is 13.9. The van der Waals surface area contributed by atoms with Crippen LogP contribution < -0.4 is 10.6 Å². The highest BCUT2D eigenvalue weighted by atomic mass is 16.4. The predicted octanol–water partition coefficient (Wildman–Crippen LogP) is 3.39. The number of H-pyrrole nitrogens is 1. The van der Waals surface area contributed by atoms with Gasteiger partial charge in [-0.3, -0.25) is 14.4 Å². The number of rotatable bonds is 8. The number of nitrogens with zero attached hydrogens (tertiary/aromatic N) is 1. The van der Waals surface area contributed by atoms with Crippen molar-refractivity contribution in [3.05, 3.63) is 70.9 Å². The first-order valence-corrected chi connectivity index (χ1v) is 13.4. The first-order chi connectivity index (χ1) is 18.6. The third kappa shape index (κ3) is 4.66. The van der Waals surface area contributed by atoms with Crippen LogP contribution in [0.25, 0.3) is 10.9 Å². The Morgan fingerprint density at radius 3 is 2.41 bits per heavy atom. The Balaban J connectivity index is 1.50. The van der Waals surface area contributed by atoms with E-state index in [0.717, 1.165) is 27.7 Å². The number of hydrogen-bond acceptors (Lipinski definition) is 4. The Morgan fingerprint density at radius 1 is 1.03 bits per heavy atom. The molecule has 2 aromatic carbocycles. The molecule has 204 valence electrons. The molecule has 1 unspecified atom stereocenters. The molecule has 3 heterocycles. The number of benzene rings is 2. The number of aliphatic carboxylic acids is 1. The van der Waals surface area contributed by atoms with Crippen LogP contribution in [-0.4, -0.2) is 56.8 Å². The van der Waals surface area contributed by atoms with Crippen LogP contribution in [0.5, 0.6) is 0 Å². The summed E-state index contributed by atoms with van der Waals surface area (Å²) in [5.74, 6) is -2.61. The van der Waals surface area contributed by atoms with Crippen LogP contribution in [0.3, 0.4) is 0 Å². The van der Waals surface area contributed by atoms with E-state index < -0.39 is 42.0 Å². The number of fused-ring (bicyclic) bond motifs is 7. The number of aromatic nitrogens is 1. The molecule has 2 aliphatic heterocycles. The van der Waals surface area contributed by atoms with Crippen LogP contribution >= 0.6 is 0 Å². The molecule has 0 aliphatic carbocycles. The van der Waals surface area contributed by atoms with Crippen molar-refractivity contribution in [2.75, 3.05) is 0 Å². The Kier molecular flexibility index (Phi) is 6.92. The normalized spacial score (nSPS) is 19.4. The van der Waals surface area contributed by atoms with Crippen molar-refractivity contribution in [2.24, 2.45) is 11.8 Å². The smallest absolute Gasteiger partial charge is 0.326 e. The number of carboxylic acid groups (broad SMARTS) is 1. The highest BCUT2D eigenvalue weighted by Crippen LogP contribution is 2.46. The molecule has 0 radical (unpaired) electrons. The van der Waals surface area contributed by atoms with E-state index in [1.165, 1.54) is 0 Å². The minimum Gasteiger partial charge on any atom is -0.480 e. The van der Waals surface area contributed by atoms with E-state index >= 15 is 0 Å². The van der Waals surface area contributed by atoms with Crippen LogP contribution in [-0.2, 0) is 20.8 Å². The maximum atomic E-state index is 13.9. The molecule has 9 heteroatoms. The van der Waals surface area contributed by atoms with Crippen LogP contribution in [0.1, 0.15) is 67.3 Å². The number of amides is 3. The summed E-state index contributed by atoms with van der Waals surface area (Å²) in [5, 5.41) is 16.0. The highest BCUT2D eigenvalue weighted by Gasteiger charge is 2.49. The van der Waals surface area contributed by atoms with E-state index in [9.17, 15) is 24.3 Å². The molecule has 3 amide bonds. The fourth-order valence-corrected chi connectivity index (χ4v) is 5.88. The van der Waals surface area contributed by atoms with Gasteiger partial charge in [-0.2, -0.15) is 0 Å². The van der Waals surface area contributed by atoms with Gasteiger partial charge in [-0.1, -0.05) is 64.1 Å². The van der Waals surface area contributed by atoms with Gasteiger partial charge in [0.2, 0.25) is 11.8 Å². The lowest BCUT2D eigenvalue weighted by atomic mass is 9.89. The van der Waals surface area contributed by atoms with Crippen molar-refractivity contribution in [1.29, 1.82) is 0 Å². The van der Waals surface area contributed by atoms with Gasteiger partial charge in [-0.25, -0.2) is 4.79 Å². The van der Waals surface area contributed by atoms with Crippen LogP contribution in [0.4, 0.5) is 0 Å². The summed E-state index contributed by atoms with van der Waals surface area (Å²) in [4.78, 5) is 57.7. The molecule has 0 saturated heterocycles. The lowest BCUT2D eigenvalue weighted by Crippen LogP contribution is -2.58. The van der Waals surface area contributed by atoms with Gasteiger partial charge in [0.25, 0.3) is 5.91 Å². The van der Waals surface area contributed by atoms with Gasteiger partial charge in [0.05, 0.1) is 6.04 Å². The Labute approximate surface area is 227 Å². The third-order valence-electron chi connectivity index (χ3n) is 7.73. The van der Waals surface area contributed by atoms with Gasteiger partial charge in [0.15, 0.2) is 0 Å². The topological polar surface area (TPSA) is 132 Å². The molecule has 4 N–H and O–H groups in total. The first-order valence-electron chi connectivity index (χ1n) is 13.4. The fourth-order valence-electron chi connectivity index (χ4n) is 5.88. The molecule has 2 aliphatic rings. The summed E-state index contributed by atoms with van der Waals surface area (Å²) >= 11 is 0. The molecular formula is C30H34N4O5. The van der Waals surface area contributed by atoms with Crippen LogP contribution in [0.2, 0.25) is 0 Å². The minimum absolute atomic E-state index is 0.0559. The molecule has 5 rings (SSSR count). The quantitative estimate of drug-likeness (QED) is 0.355. The number of nitrogens with one attached hydrogen (secondary N) is 3. The zero-order valence-corrected chi connectivity index (χ0v) is 22.5. The Hall–Kier alpha value is -4.14. The van der Waals surface area contributed by atoms with Crippen molar-refractivity contribution in [3.63, 3.8) is 0 Å². The van der Waals surface area contributed by atoms with Crippen molar-refractivity contribution < 1.29 is 24.3 Å². The van der Waals surface area contributed by atoms with Gasteiger partial charge < -0.3 is 25.6 Å². The van der Waals surface area contributed by atoms with E-state index in [2.05, 4.69) is 15.6 Å². The van der Waals surface area contributed by atoms with Crippen LogP contribution in [0.15, 0.2) is 48.5 Å². The number of carboxylic acids is 1. The van der Waals surface area contributed by atoms with E-state index in [4.69, 9.17) is 0 Å². The van der Waals surface area contributed by atoms with Gasteiger partial charge >= 0.3 is 5.97 Å². The average molecular weight is 531 g/mol. The predicted molar refractivity (Wildman–Crippen MR) is 146 cm³/mol. The van der Waals surface area contributed by atoms with Gasteiger partial charge in [-0.15, -0.1) is 0 Å². The molecule has 0 bridgehead atoms. The Morgan fingerprint density at radius 2 is 1.72 bits per heavy atom. The van der Waals surface area contributed by atoms with E-state index in [1.54, 1.807) is 24.8 Å². The maximum Gasteiger partial charge on any atom is 0.326 e. The molecule has 0 spiro atoms. The highest BCUT2D eigenvalue weighted by molar-refractivity contribution is 6.04. The second-order valence-corrected chi connectivity index (χ2v) is 11.2. The second kappa shape index (κ2) is 10.2. The standard InChI is InChI=1S/C30H34N4O5/c1-15(2)13-22(27(35)33-24(16(3)4)30(38)39)32-28(36)23-14-20-17-9-7-8-12-21(17)31-25(20)26-18-10-5-6-11-19(18)29(37)34(23)26/h5-12,15-16,22-24,26,31H,13-14H2,1-4H3,(H,32,36)(H,33,35)(H,38,39)/t22-,23-,24+,26?/m0/s1. The number of para-hydroxylation sites is 1. The number of hydrogen-bond donors (Lipinski definition) is 4. The summed E-state index contributed by atoms with van der Waals surface area (Å²) in [6.45, 7) is 7.29. The zero-order chi connectivity index (χ0) is 28.0. The largest absolute Gasteiger partial charge is 0.480 e. The van der Waals surface area contributed by atoms with Gasteiger partial charge in [0.1, 0.15) is 18.1 Å². The molecule has 9 nitrogen and oxygen atoms in total. The number of aromatic amines is 1. The molecule has 0 fully saturated rings. The van der Waals surface area contributed by atoms with E-state index in [-0.39, 0.29) is 17.7 Å². The molecular weight excluding hydrogens is 496 g/mol. The molecule has 4 atom stereocenters. The van der Waals surface area contributed by atoms with Gasteiger partial charge in [-0.05, 0) is 41.5 Å². The number of carbonyl (C=O) groups excluding carboxylic acids is 3. The Bertz CT molecular complexity index is 1460. The SMILES string of the molecule is CC(C)C[C@H](NC(=O)[C@@H]1Cc2c([nH]c3ccccc23)C2c3ccccc3C(=O)N21)C(=O)N[C@@H](C(=O)O)C(C)C. The minimum atomic E-state index is -1.13. The monoisotopic (exact) mass is 530 g/mol.